The van der Waals surface area contributed by atoms with E-state index in [4.69, 9.17) is 19.9 Å². The number of carbonyl (C=O) groups excluding carboxylic acids is 5. The number of Topliss-reactive ketones (excluding diaryl/α,β-unsaturated/α-hetero) is 2. The number of aliphatic hydroxyl groups is 1. The summed E-state index contributed by atoms with van der Waals surface area (Å²) in [6.45, 7) is 6.49. The third-order valence-corrected chi connectivity index (χ3v) is 8.44. The zero-order chi connectivity index (χ0) is 36.4. The molecule has 13 heteroatoms. The van der Waals surface area contributed by atoms with Gasteiger partial charge in [-0.05, 0) is 55.9 Å². The van der Waals surface area contributed by atoms with E-state index >= 15 is 0 Å². The Morgan fingerprint density at radius 1 is 1.10 bits per heavy atom. The molecule has 3 rings (SSSR count). The summed E-state index contributed by atoms with van der Waals surface area (Å²) in [5.74, 6) is -3.49. The van der Waals surface area contributed by atoms with Gasteiger partial charge in [-0.1, -0.05) is 50.3 Å². The maximum absolute atomic E-state index is 14.3. The number of ether oxygens (including phenoxy) is 3. The molecule has 12 nitrogen and oxygen atoms in total. The first-order valence-electron chi connectivity index (χ1n) is 15.8. The summed E-state index contributed by atoms with van der Waals surface area (Å²) in [4.78, 5) is 65.1. The van der Waals surface area contributed by atoms with E-state index in [2.05, 4.69) is 10.6 Å². The minimum Gasteiger partial charge on any atom is -0.439 e. The first-order valence-corrected chi connectivity index (χ1v) is 15.8. The Kier molecular flexibility index (Phi) is 13.9. The smallest absolute Gasteiger partial charge is 0.405 e. The van der Waals surface area contributed by atoms with Crippen molar-refractivity contribution < 1.29 is 47.7 Å². The number of nitrogens with one attached hydrogen (secondary N) is 2. The molecule has 0 aromatic heterocycles. The molecule has 0 saturated carbocycles. The van der Waals surface area contributed by atoms with Crippen molar-refractivity contribution >= 4 is 35.4 Å². The normalized spacial score (nSPS) is 28.9. The largest absolute Gasteiger partial charge is 0.439 e. The standard InChI is InChI=1S/C36H44FN3O9/c1-19-16-25-29(39-14-15-41)33(44)28(23-10-12-24(37)13-11-23)30(32(25)43)40-35(45)20(2)8-7-9-26(47-5)34(49-36(38)46)22(4)18-21(3)31(42)27(17-19)48-6/h7-13,15,18-19,21,26-27,31,34,39,42H,14,16-17H2,1-6H3,(H2,38,46)(H,40,45)/b9-7-,20-8+,22-18+/t19-,21+,26+,27+,31-,34+/m1/s1. The predicted molar refractivity (Wildman–Crippen MR) is 179 cm³/mol. The number of rotatable bonds is 7. The number of aldehydes is 1. The van der Waals surface area contributed by atoms with E-state index in [-0.39, 0.29) is 59.0 Å². The number of fused-ring (bicyclic) bond motifs is 2. The highest BCUT2D eigenvalue weighted by atomic mass is 19.1. The summed E-state index contributed by atoms with van der Waals surface area (Å²) >= 11 is 0. The van der Waals surface area contributed by atoms with Crippen LogP contribution in [0.4, 0.5) is 9.18 Å². The van der Waals surface area contributed by atoms with Gasteiger partial charge in [0, 0.05) is 31.3 Å². The predicted octanol–water partition coefficient (Wildman–Crippen LogP) is 3.22. The fraction of sp³-hybridized carbons (Fsp3) is 0.417. The molecule has 1 heterocycles. The highest BCUT2D eigenvalue weighted by molar-refractivity contribution is 6.39. The highest BCUT2D eigenvalue weighted by Gasteiger charge is 2.38. The van der Waals surface area contributed by atoms with Gasteiger partial charge in [0.2, 0.25) is 11.6 Å². The third kappa shape index (κ3) is 9.68. The molecule has 0 fully saturated rings. The fourth-order valence-electron chi connectivity index (χ4n) is 5.88. The summed E-state index contributed by atoms with van der Waals surface area (Å²) in [5.41, 5.74) is 5.65. The molecule has 0 unspecified atom stereocenters. The molecule has 264 valence electrons. The van der Waals surface area contributed by atoms with Crippen LogP contribution in [-0.2, 0) is 33.4 Å². The Balaban J connectivity index is 2.24. The summed E-state index contributed by atoms with van der Waals surface area (Å²) in [7, 11) is 2.84. The minimum atomic E-state index is -1.05. The van der Waals surface area contributed by atoms with Crippen LogP contribution in [0.1, 0.15) is 46.1 Å². The molecule has 2 aliphatic rings. The second-order valence-electron chi connectivity index (χ2n) is 12.1. The zero-order valence-corrected chi connectivity index (χ0v) is 28.5. The molecule has 49 heavy (non-hydrogen) atoms. The second kappa shape index (κ2) is 17.6. The molecular weight excluding hydrogens is 637 g/mol. The van der Waals surface area contributed by atoms with E-state index in [1.54, 1.807) is 26.0 Å². The minimum absolute atomic E-state index is 0.0132. The van der Waals surface area contributed by atoms with E-state index in [0.29, 0.717) is 11.9 Å². The number of allylic oxidation sites excluding steroid dienone is 4. The van der Waals surface area contributed by atoms with Gasteiger partial charge in [0.05, 0.1) is 30.0 Å². The lowest BCUT2D eigenvalue weighted by molar-refractivity contribution is -0.120. The first-order chi connectivity index (χ1) is 23.2. The number of methoxy groups -OCH3 is 2. The Morgan fingerprint density at radius 3 is 2.37 bits per heavy atom. The number of nitrogens with two attached hydrogens (primary N) is 1. The number of ketones is 2. The van der Waals surface area contributed by atoms with Crippen molar-refractivity contribution in [3.05, 3.63) is 88.1 Å². The number of hydrogen-bond acceptors (Lipinski definition) is 10. The van der Waals surface area contributed by atoms with E-state index in [1.807, 2.05) is 6.92 Å². The quantitative estimate of drug-likeness (QED) is 0.189. The monoisotopic (exact) mass is 681 g/mol. The number of benzene rings is 1. The first kappa shape index (κ1) is 38.7. The molecule has 6 atom stereocenters. The number of aliphatic hydroxyl groups excluding tert-OH is 1. The van der Waals surface area contributed by atoms with Gasteiger partial charge in [0.1, 0.15) is 23.9 Å². The van der Waals surface area contributed by atoms with Crippen LogP contribution in [-0.4, -0.2) is 80.1 Å². The van der Waals surface area contributed by atoms with Gasteiger partial charge >= 0.3 is 6.09 Å². The molecule has 0 radical (unpaired) electrons. The number of carbonyl (C=O) groups is 5. The Bertz CT molecular complexity index is 1590. The van der Waals surface area contributed by atoms with Crippen LogP contribution in [0.15, 0.2) is 76.7 Å². The van der Waals surface area contributed by atoms with Gasteiger partial charge < -0.3 is 40.5 Å². The average Bonchev–Trinajstić information content (AvgIpc) is 3.06. The molecule has 0 spiro atoms. The SMILES string of the molecule is CO[C@H]1/C=C\C=C(/C)C(=O)NC2=C(c3ccc(F)cc3)C(=O)C(NCC=O)=C(C[C@@H](C)C[C@H](OC)[C@H](O)[C@@H](C)/C=C(\C)[C@@H]1OC(N)=O)C2=O. The van der Waals surface area contributed by atoms with Gasteiger partial charge in [-0.15, -0.1) is 0 Å². The van der Waals surface area contributed by atoms with E-state index in [9.17, 15) is 33.5 Å². The molecule has 2 amide bonds. The molecule has 1 aliphatic heterocycles. The molecule has 0 saturated heterocycles. The molecular formula is C36H44FN3O9. The van der Waals surface area contributed by atoms with Gasteiger partial charge in [-0.25, -0.2) is 9.18 Å². The van der Waals surface area contributed by atoms with Crippen molar-refractivity contribution in [2.75, 3.05) is 20.8 Å². The third-order valence-electron chi connectivity index (χ3n) is 8.44. The maximum Gasteiger partial charge on any atom is 0.405 e. The zero-order valence-electron chi connectivity index (χ0n) is 28.5. The van der Waals surface area contributed by atoms with Gasteiger partial charge in [0.15, 0.2) is 6.10 Å². The molecule has 1 aliphatic carbocycles. The molecule has 1 aromatic rings. The van der Waals surface area contributed by atoms with E-state index in [1.165, 1.54) is 45.4 Å². The van der Waals surface area contributed by atoms with Gasteiger partial charge in [-0.3, -0.25) is 14.4 Å². The summed E-state index contributed by atoms with van der Waals surface area (Å²) in [6, 6.07) is 4.88. The van der Waals surface area contributed by atoms with Crippen molar-refractivity contribution in [3.8, 4) is 0 Å². The van der Waals surface area contributed by atoms with Gasteiger partial charge in [-0.2, -0.15) is 0 Å². The number of hydrogen-bond donors (Lipinski definition) is 4. The lowest BCUT2D eigenvalue weighted by Gasteiger charge is -2.30. The average molecular weight is 682 g/mol. The lowest BCUT2D eigenvalue weighted by Crippen LogP contribution is -2.39. The van der Waals surface area contributed by atoms with E-state index < -0.39 is 59.7 Å². The molecule has 2 bridgehead atoms. The van der Waals surface area contributed by atoms with Crippen LogP contribution in [0.3, 0.4) is 0 Å². The van der Waals surface area contributed by atoms with Crippen molar-refractivity contribution in [1.82, 2.24) is 10.6 Å². The highest BCUT2D eigenvalue weighted by Crippen LogP contribution is 2.34. The van der Waals surface area contributed by atoms with Gasteiger partial charge in [0.25, 0.3) is 5.91 Å². The van der Waals surface area contributed by atoms with Crippen molar-refractivity contribution in [3.63, 3.8) is 0 Å². The van der Waals surface area contributed by atoms with Crippen molar-refractivity contribution in [2.24, 2.45) is 17.6 Å². The summed E-state index contributed by atoms with van der Waals surface area (Å²) in [6.07, 6.45) is 2.34. The van der Waals surface area contributed by atoms with Crippen molar-refractivity contribution in [1.29, 1.82) is 0 Å². The summed E-state index contributed by atoms with van der Waals surface area (Å²) in [5, 5.41) is 16.7. The van der Waals surface area contributed by atoms with Crippen LogP contribution < -0.4 is 16.4 Å². The number of amides is 2. The van der Waals surface area contributed by atoms with Crippen LogP contribution in [0.2, 0.25) is 0 Å². The number of halogens is 1. The Hall–Kier alpha value is -4.72. The van der Waals surface area contributed by atoms with Crippen molar-refractivity contribution in [2.45, 2.75) is 65.0 Å². The lowest BCUT2D eigenvalue weighted by atomic mass is 9.81. The van der Waals surface area contributed by atoms with Crippen LogP contribution in [0, 0.1) is 17.7 Å². The molecule has 5 N–H and O–H groups in total. The fourth-order valence-corrected chi connectivity index (χ4v) is 5.88. The van der Waals surface area contributed by atoms with Crippen LogP contribution in [0.25, 0.3) is 5.57 Å². The molecule has 1 aromatic carbocycles. The maximum atomic E-state index is 14.3. The Labute approximate surface area is 284 Å². The summed E-state index contributed by atoms with van der Waals surface area (Å²) < 4.78 is 30.5. The van der Waals surface area contributed by atoms with E-state index in [0.717, 1.165) is 12.1 Å². The number of primary amides is 1. The second-order valence-corrected chi connectivity index (χ2v) is 12.1. The van der Waals surface area contributed by atoms with Crippen LogP contribution in [0.5, 0.6) is 0 Å². The van der Waals surface area contributed by atoms with Crippen LogP contribution >= 0.6 is 0 Å². The Morgan fingerprint density at radius 2 is 1.78 bits per heavy atom. The topological polar surface area (TPSA) is 183 Å².